The first-order chi connectivity index (χ1) is 8.25. The maximum absolute atomic E-state index is 5.79. The quantitative estimate of drug-likeness (QED) is 0.800. The molecule has 1 aliphatic heterocycles. The Labute approximate surface area is 109 Å². The SMILES string of the molecule is Cc1c2cc(Br)ccc2nn1C1CCCCO1. The number of rotatable bonds is 1. The van der Waals surface area contributed by atoms with Crippen LogP contribution in [0.5, 0.6) is 0 Å². The lowest BCUT2D eigenvalue weighted by molar-refractivity contribution is -0.0402. The molecule has 2 heterocycles. The maximum Gasteiger partial charge on any atom is 0.150 e. The zero-order chi connectivity index (χ0) is 11.8. The van der Waals surface area contributed by atoms with Gasteiger partial charge in [0.25, 0.3) is 0 Å². The fraction of sp³-hybridized carbons (Fsp3) is 0.462. The number of hydrogen-bond acceptors (Lipinski definition) is 2. The van der Waals surface area contributed by atoms with E-state index in [0.717, 1.165) is 23.0 Å². The van der Waals surface area contributed by atoms with E-state index in [2.05, 4.69) is 34.0 Å². The lowest BCUT2D eigenvalue weighted by Crippen LogP contribution is -2.20. The zero-order valence-corrected chi connectivity index (χ0v) is 11.4. The highest BCUT2D eigenvalue weighted by Crippen LogP contribution is 2.28. The van der Waals surface area contributed by atoms with Gasteiger partial charge in [-0.25, -0.2) is 4.68 Å². The van der Waals surface area contributed by atoms with Crippen molar-refractivity contribution in [3.63, 3.8) is 0 Å². The van der Waals surface area contributed by atoms with Crippen molar-refractivity contribution in [1.29, 1.82) is 0 Å². The van der Waals surface area contributed by atoms with E-state index >= 15 is 0 Å². The third kappa shape index (κ3) is 2.00. The lowest BCUT2D eigenvalue weighted by atomic mass is 10.2. The molecule has 90 valence electrons. The first-order valence-electron chi connectivity index (χ1n) is 6.02. The molecule has 0 N–H and O–H groups in total. The van der Waals surface area contributed by atoms with E-state index in [1.54, 1.807) is 0 Å². The van der Waals surface area contributed by atoms with E-state index in [0.29, 0.717) is 0 Å². The molecular weight excluding hydrogens is 280 g/mol. The van der Waals surface area contributed by atoms with Gasteiger partial charge in [-0.05, 0) is 44.4 Å². The van der Waals surface area contributed by atoms with Crippen LogP contribution in [-0.2, 0) is 4.74 Å². The molecule has 0 amide bonds. The predicted molar refractivity (Wildman–Crippen MR) is 71.0 cm³/mol. The second-order valence-corrected chi connectivity index (χ2v) is 5.43. The summed E-state index contributed by atoms with van der Waals surface area (Å²) in [6, 6.07) is 6.20. The highest BCUT2D eigenvalue weighted by atomic mass is 79.9. The molecule has 0 bridgehead atoms. The Kier molecular flexibility index (Phi) is 2.92. The molecule has 2 aromatic rings. The van der Waals surface area contributed by atoms with Gasteiger partial charge in [0.1, 0.15) is 6.23 Å². The molecule has 3 nitrogen and oxygen atoms in total. The van der Waals surface area contributed by atoms with Gasteiger partial charge in [-0.3, -0.25) is 0 Å². The Balaban J connectivity index is 2.07. The summed E-state index contributed by atoms with van der Waals surface area (Å²) in [5, 5.41) is 5.85. The molecule has 1 aliphatic rings. The highest BCUT2D eigenvalue weighted by molar-refractivity contribution is 9.10. The minimum Gasteiger partial charge on any atom is -0.357 e. The molecule has 1 unspecified atom stereocenters. The summed E-state index contributed by atoms with van der Waals surface area (Å²) in [6.45, 7) is 2.96. The molecule has 0 spiro atoms. The van der Waals surface area contributed by atoms with Gasteiger partial charge in [-0.15, -0.1) is 0 Å². The van der Waals surface area contributed by atoms with E-state index in [4.69, 9.17) is 4.74 Å². The normalized spacial score (nSPS) is 20.9. The number of aryl methyl sites for hydroxylation is 1. The smallest absolute Gasteiger partial charge is 0.150 e. The van der Waals surface area contributed by atoms with Gasteiger partial charge < -0.3 is 4.74 Å². The average Bonchev–Trinajstić information content (AvgIpc) is 2.68. The number of halogens is 1. The second-order valence-electron chi connectivity index (χ2n) is 4.51. The fourth-order valence-corrected chi connectivity index (χ4v) is 2.76. The first-order valence-corrected chi connectivity index (χ1v) is 6.81. The topological polar surface area (TPSA) is 27.1 Å². The van der Waals surface area contributed by atoms with Gasteiger partial charge in [-0.1, -0.05) is 15.9 Å². The molecular formula is C13H15BrN2O. The Hall–Kier alpha value is -0.870. The number of ether oxygens (including phenoxy) is 1. The lowest BCUT2D eigenvalue weighted by Gasteiger charge is -2.23. The van der Waals surface area contributed by atoms with E-state index in [9.17, 15) is 0 Å². The van der Waals surface area contributed by atoms with Crippen molar-refractivity contribution in [1.82, 2.24) is 9.78 Å². The van der Waals surface area contributed by atoms with Crippen molar-refractivity contribution in [2.45, 2.75) is 32.4 Å². The van der Waals surface area contributed by atoms with Crippen LogP contribution in [0.15, 0.2) is 22.7 Å². The van der Waals surface area contributed by atoms with Gasteiger partial charge in [0.05, 0.1) is 5.52 Å². The fourth-order valence-electron chi connectivity index (χ4n) is 2.40. The molecule has 3 rings (SSSR count). The van der Waals surface area contributed by atoms with Crippen LogP contribution in [0, 0.1) is 6.92 Å². The molecule has 1 atom stereocenters. The van der Waals surface area contributed by atoms with Crippen LogP contribution in [0.3, 0.4) is 0 Å². The number of fused-ring (bicyclic) bond motifs is 1. The Morgan fingerprint density at radius 1 is 1.41 bits per heavy atom. The first kappa shape index (κ1) is 11.2. The summed E-state index contributed by atoms with van der Waals surface area (Å²) in [7, 11) is 0. The van der Waals surface area contributed by atoms with Crippen LogP contribution in [0.2, 0.25) is 0 Å². The van der Waals surface area contributed by atoms with Crippen molar-refractivity contribution in [3.8, 4) is 0 Å². The zero-order valence-electron chi connectivity index (χ0n) is 9.82. The molecule has 1 fully saturated rings. The predicted octanol–water partition coefficient (Wildman–Crippen LogP) is 3.81. The van der Waals surface area contributed by atoms with Crippen molar-refractivity contribution >= 4 is 26.8 Å². The van der Waals surface area contributed by atoms with Crippen molar-refractivity contribution in [3.05, 3.63) is 28.4 Å². The van der Waals surface area contributed by atoms with E-state index in [1.807, 2.05) is 16.8 Å². The van der Waals surface area contributed by atoms with Crippen LogP contribution >= 0.6 is 15.9 Å². The molecule has 4 heteroatoms. The minimum atomic E-state index is 0.120. The van der Waals surface area contributed by atoms with Gasteiger partial charge in [0.15, 0.2) is 0 Å². The minimum absolute atomic E-state index is 0.120. The van der Waals surface area contributed by atoms with Gasteiger partial charge in [0.2, 0.25) is 0 Å². The molecule has 0 saturated carbocycles. The summed E-state index contributed by atoms with van der Waals surface area (Å²) in [4.78, 5) is 0. The van der Waals surface area contributed by atoms with Crippen molar-refractivity contribution < 1.29 is 4.74 Å². The third-order valence-electron chi connectivity index (χ3n) is 3.34. The van der Waals surface area contributed by atoms with Gasteiger partial charge in [-0.2, -0.15) is 5.10 Å². The summed E-state index contributed by atoms with van der Waals surface area (Å²) in [6.07, 6.45) is 3.58. The highest BCUT2D eigenvalue weighted by Gasteiger charge is 2.19. The number of aromatic nitrogens is 2. The second kappa shape index (κ2) is 4.42. The van der Waals surface area contributed by atoms with Gasteiger partial charge >= 0.3 is 0 Å². The molecule has 0 aliphatic carbocycles. The third-order valence-corrected chi connectivity index (χ3v) is 3.83. The molecule has 17 heavy (non-hydrogen) atoms. The summed E-state index contributed by atoms with van der Waals surface area (Å²) in [5.41, 5.74) is 2.23. The molecule has 0 radical (unpaired) electrons. The van der Waals surface area contributed by atoms with Crippen molar-refractivity contribution in [2.75, 3.05) is 6.61 Å². The van der Waals surface area contributed by atoms with Crippen LogP contribution < -0.4 is 0 Å². The summed E-state index contributed by atoms with van der Waals surface area (Å²) >= 11 is 3.50. The van der Waals surface area contributed by atoms with E-state index < -0.39 is 0 Å². The molecule has 1 saturated heterocycles. The summed E-state index contributed by atoms with van der Waals surface area (Å²) < 4.78 is 8.93. The maximum atomic E-state index is 5.79. The Morgan fingerprint density at radius 2 is 2.29 bits per heavy atom. The molecule has 1 aromatic heterocycles. The largest absolute Gasteiger partial charge is 0.357 e. The molecule has 1 aromatic carbocycles. The number of benzene rings is 1. The monoisotopic (exact) mass is 294 g/mol. The van der Waals surface area contributed by atoms with Crippen molar-refractivity contribution in [2.24, 2.45) is 0 Å². The van der Waals surface area contributed by atoms with Crippen LogP contribution in [0.25, 0.3) is 10.9 Å². The summed E-state index contributed by atoms with van der Waals surface area (Å²) in [5.74, 6) is 0. The van der Waals surface area contributed by atoms with Crippen LogP contribution in [0.4, 0.5) is 0 Å². The van der Waals surface area contributed by atoms with E-state index in [1.165, 1.54) is 23.9 Å². The number of hydrogen-bond donors (Lipinski definition) is 0. The van der Waals surface area contributed by atoms with Gasteiger partial charge in [0, 0.05) is 22.2 Å². The van der Waals surface area contributed by atoms with Crippen LogP contribution in [-0.4, -0.2) is 16.4 Å². The Morgan fingerprint density at radius 3 is 3.06 bits per heavy atom. The van der Waals surface area contributed by atoms with E-state index in [-0.39, 0.29) is 6.23 Å². The van der Waals surface area contributed by atoms with Crippen LogP contribution in [0.1, 0.15) is 31.2 Å². The standard InChI is InChI=1S/C13H15BrN2O/c1-9-11-8-10(14)5-6-12(11)15-16(9)13-4-2-3-7-17-13/h5-6,8,13H,2-4,7H2,1H3. The Bertz CT molecular complexity index is 544. The average molecular weight is 295 g/mol. The number of nitrogens with zero attached hydrogens (tertiary/aromatic N) is 2.